The number of likely N-dealkylation sites (N-methyl/N-ethyl adjacent to an activating group) is 1. The molecule has 0 spiro atoms. The van der Waals surface area contributed by atoms with Gasteiger partial charge in [-0.05, 0) is 24.6 Å². The quantitative estimate of drug-likeness (QED) is 0.808. The highest BCUT2D eigenvalue weighted by atomic mass is 16.5. The van der Waals surface area contributed by atoms with Gasteiger partial charge in [-0.2, -0.15) is 0 Å². The molecule has 2 amide bonds. The third-order valence-corrected chi connectivity index (χ3v) is 4.94. The predicted molar refractivity (Wildman–Crippen MR) is 87.2 cm³/mol. The number of hydrogen-bond acceptors (Lipinski definition) is 5. The molecule has 0 aliphatic carbocycles. The molecule has 2 fully saturated rings. The average molecular weight is 328 g/mol. The Morgan fingerprint density at radius 2 is 2.12 bits per heavy atom. The van der Waals surface area contributed by atoms with Gasteiger partial charge in [-0.1, -0.05) is 11.2 Å². The molecular formula is C17H20N4O3. The maximum atomic E-state index is 12.4. The lowest BCUT2D eigenvalue weighted by molar-refractivity contribution is -0.158. The lowest BCUT2D eigenvalue weighted by Gasteiger charge is -2.45. The number of benzene rings is 1. The van der Waals surface area contributed by atoms with Gasteiger partial charge in [0.1, 0.15) is 6.04 Å². The van der Waals surface area contributed by atoms with Gasteiger partial charge in [0.15, 0.2) is 5.58 Å². The van der Waals surface area contributed by atoms with Crippen molar-refractivity contribution >= 4 is 22.8 Å². The maximum absolute atomic E-state index is 12.4. The molecule has 1 aromatic carbocycles. The monoisotopic (exact) mass is 328 g/mol. The van der Waals surface area contributed by atoms with Crippen molar-refractivity contribution in [1.29, 1.82) is 0 Å². The molecule has 1 unspecified atom stereocenters. The number of fused-ring (bicyclic) bond motifs is 2. The molecule has 24 heavy (non-hydrogen) atoms. The van der Waals surface area contributed by atoms with Crippen LogP contribution in [0.25, 0.3) is 11.0 Å². The Morgan fingerprint density at radius 3 is 2.96 bits per heavy atom. The molecule has 0 N–H and O–H groups in total. The van der Waals surface area contributed by atoms with E-state index < -0.39 is 0 Å². The summed E-state index contributed by atoms with van der Waals surface area (Å²) in [6.45, 7) is 4.83. The molecule has 126 valence electrons. The SMILES string of the molecule is Cc1noc2ccc(CN3CCN4C(=O)CN(C)C(=O)C4C3)cc12. The van der Waals surface area contributed by atoms with Crippen LogP contribution < -0.4 is 0 Å². The number of amides is 2. The van der Waals surface area contributed by atoms with Crippen molar-refractivity contribution in [3.63, 3.8) is 0 Å². The molecule has 0 saturated carbocycles. The first-order valence-corrected chi connectivity index (χ1v) is 8.14. The Balaban J connectivity index is 1.52. The fourth-order valence-corrected chi connectivity index (χ4v) is 3.58. The second-order valence-electron chi connectivity index (χ2n) is 6.63. The van der Waals surface area contributed by atoms with Gasteiger partial charge in [-0.25, -0.2) is 0 Å². The third-order valence-electron chi connectivity index (χ3n) is 4.94. The Hall–Kier alpha value is -2.41. The van der Waals surface area contributed by atoms with Crippen LogP contribution in [-0.4, -0.2) is 70.9 Å². The van der Waals surface area contributed by atoms with Crippen molar-refractivity contribution < 1.29 is 14.1 Å². The number of hydrogen-bond donors (Lipinski definition) is 0. The fraction of sp³-hybridized carbons (Fsp3) is 0.471. The van der Waals surface area contributed by atoms with Crippen molar-refractivity contribution in [2.24, 2.45) is 0 Å². The van der Waals surface area contributed by atoms with Gasteiger partial charge in [0.2, 0.25) is 11.8 Å². The van der Waals surface area contributed by atoms with Gasteiger partial charge in [0, 0.05) is 38.6 Å². The van der Waals surface area contributed by atoms with Gasteiger partial charge in [-0.15, -0.1) is 0 Å². The fourth-order valence-electron chi connectivity index (χ4n) is 3.58. The van der Waals surface area contributed by atoms with E-state index in [0.717, 1.165) is 35.3 Å². The largest absolute Gasteiger partial charge is 0.356 e. The molecule has 2 saturated heterocycles. The van der Waals surface area contributed by atoms with Crippen LogP contribution in [0, 0.1) is 6.92 Å². The standard InChI is InChI=1S/C17H20N4O3/c1-11-13-7-12(3-4-15(13)24-18-11)8-20-5-6-21-14(9-20)17(23)19(2)10-16(21)22/h3-4,7,14H,5-6,8-10H2,1-2H3. The van der Waals surface area contributed by atoms with E-state index in [1.165, 1.54) is 4.90 Å². The van der Waals surface area contributed by atoms with Crippen LogP contribution in [0.5, 0.6) is 0 Å². The zero-order chi connectivity index (χ0) is 16.8. The summed E-state index contributed by atoms with van der Waals surface area (Å²) < 4.78 is 5.24. The summed E-state index contributed by atoms with van der Waals surface area (Å²) in [4.78, 5) is 30.0. The molecule has 0 bridgehead atoms. The van der Waals surface area contributed by atoms with Crippen molar-refractivity contribution in [1.82, 2.24) is 19.9 Å². The molecule has 1 atom stereocenters. The van der Waals surface area contributed by atoms with Gasteiger partial charge in [-0.3, -0.25) is 14.5 Å². The first kappa shape index (κ1) is 15.1. The molecule has 7 heteroatoms. The van der Waals surface area contributed by atoms with E-state index in [-0.39, 0.29) is 24.4 Å². The van der Waals surface area contributed by atoms with Crippen LogP contribution in [-0.2, 0) is 16.1 Å². The van der Waals surface area contributed by atoms with E-state index in [4.69, 9.17) is 4.52 Å². The second-order valence-corrected chi connectivity index (χ2v) is 6.63. The van der Waals surface area contributed by atoms with Gasteiger partial charge < -0.3 is 14.3 Å². The second kappa shape index (κ2) is 5.59. The first-order chi connectivity index (χ1) is 11.5. The lowest BCUT2D eigenvalue weighted by Crippen LogP contribution is -2.65. The average Bonchev–Trinajstić information content (AvgIpc) is 2.94. The van der Waals surface area contributed by atoms with Crippen molar-refractivity contribution in [3.8, 4) is 0 Å². The lowest BCUT2D eigenvalue weighted by atomic mass is 10.1. The van der Waals surface area contributed by atoms with E-state index in [2.05, 4.69) is 16.1 Å². The number of piperazine rings is 2. The minimum Gasteiger partial charge on any atom is -0.356 e. The van der Waals surface area contributed by atoms with E-state index >= 15 is 0 Å². The van der Waals surface area contributed by atoms with Crippen LogP contribution in [0.3, 0.4) is 0 Å². The number of carbonyl (C=O) groups excluding carboxylic acids is 2. The van der Waals surface area contributed by atoms with E-state index in [1.54, 1.807) is 11.9 Å². The van der Waals surface area contributed by atoms with Crippen molar-refractivity contribution in [2.75, 3.05) is 33.2 Å². The van der Waals surface area contributed by atoms with E-state index in [0.29, 0.717) is 13.1 Å². The van der Waals surface area contributed by atoms with Crippen LogP contribution in [0.15, 0.2) is 22.7 Å². The Morgan fingerprint density at radius 1 is 1.29 bits per heavy atom. The molecular weight excluding hydrogens is 308 g/mol. The number of aromatic nitrogens is 1. The van der Waals surface area contributed by atoms with Crippen LogP contribution in [0.1, 0.15) is 11.3 Å². The number of nitrogens with zero attached hydrogens (tertiary/aromatic N) is 4. The van der Waals surface area contributed by atoms with Crippen LogP contribution in [0.4, 0.5) is 0 Å². The maximum Gasteiger partial charge on any atom is 0.246 e. The smallest absolute Gasteiger partial charge is 0.246 e. The van der Waals surface area contributed by atoms with Crippen molar-refractivity contribution in [3.05, 3.63) is 29.5 Å². The first-order valence-electron chi connectivity index (χ1n) is 8.14. The highest BCUT2D eigenvalue weighted by molar-refractivity contribution is 5.95. The number of aryl methyl sites for hydroxylation is 1. The van der Waals surface area contributed by atoms with Gasteiger partial charge in [0.05, 0.1) is 12.2 Å². The summed E-state index contributed by atoms with van der Waals surface area (Å²) >= 11 is 0. The molecule has 4 rings (SSSR count). The summed E-state index contributed by atoms with van der Waals surface area (Å²) in [5.41, 5.74) is 2.83. The summed E-state index contributed by atoms with van der Waals surface area (Å²) in [7, 11) is 1.69. The minimum atomic E-state index is -0.356. The van der Waals surface area contributed by atoms with Crippen LogP contribution >= 0.6 is 0 Å². The summed E-state index contributed by atoms with van der Waals surface area (Å²) in [6.07, 6.45) is 0. The highest BCUT2D eigenvalue weighted by Gasteiger charge is 2.41. The summed E-state index contributed by atoms with van der Waals surface area (Å²) in [5.74, 6) is 0.0768. The Labute approximate surface area is 139 Å². The van der Waals surface area contributed by atoms with Gasteiger partial charge in [0.25, 0.3) is 0 Å². The van der Waals surface area contributed by atoms with Crippen LogP contribution in [0.2, 0.25) is 0 Å². The zero-order valence-corrected chi connectivity index (χ0v) is 13.9. The molecule has 2 aliphatic rings. The normalized spacial score (nSPS) is 22.3. The molecule has 3 heterocycles. The van der Waals surface area contributed by atoms with Crippen molar-refractivity contribution in [2.45, 2.75) is 19.5 Å². The molecule has 2 aliphatic heterocycles. The highest BCUT2D eigenvalue weighted by Crippen LogP contribution is 2.22. The predicted octanol–water partition coefficient (Wildman–Crippen LogP) is 0.621. The number of rotatable bonds is 2. The topological polar surface area (TPSA) is 69.9 Å². The summed E-state index contributed by atoms with van der Waals surface area (Å²) in [5, 5.41) is 5.00. The minimum absolute atomic E-state index is 0.0321. The van der Waals surface area contributed by atoms with E-state index in [1.807, 2.05) is 19.1 Å². The number of carbonyl (C=O) groups is 2. The molecule has 2 aromatic rings. The zero-order valence-electron chi connectivity index (χ0n) is 13.9. The van der Waals surface area contributed by atoms with Gasteiger partial charge >= 0.3 is 0 Å². The molecule has 7 nitrogen and oxygen atoms in total. The summed E-state index contributed by atoms with van der Waals surface area (Å²) in [6, 6.07) is 5.70. The molecule has 1 aromatic heterocycles. The van der Waals surface area contributed by atoms with E-state index in [9.17, 15) is 9.59 Å². The molecule has 0 radical (unpaired) electrons. The third kappa shape index (κ3) is 2.45. The Bertz CT molecular complexity index is 815. The Kier molecular flexibility index (Phi) is 3.53.